The lowest BCUT2D eigenvalue weighted by Gasteiger charge is -2.39. The molecule has 10 nitrogen and oxygen atoms in total. The highest BCUT2D eigenvalue weighted by molar-refractivity contribution is 6.03. The van der Waals surface area contributed by atoms with Crippen LogP contribution in [0.4, 0.5) is 5.69 Å². The summed E-state index contributed by atoms with van der Waals surface area (Å²) in [5.74, 6) is 1.15. The Morgan fingerprint density at radius 2 is 1.62 bits per heavy atom. The second-order valence-corrected chi connectivity index (χ2v) is 12.1. The van der Waals surface area contributed by atoms with Gasteiger partial charge in [-0.2, -0.15) is 0 Å². The number of para-hydroxylation sites is 2. The van der Waals surface area contributed by atoms with Crippen molar-refractivity contribution in [3.05, 3.63) is 125 Å². The number of nitrogens with zero attached hydrogens (tertiary/aromatic N) is 3. The fourth-order valence-electron chi connectivity index (χ4n) is 6.40. The summed E-state index contributed by atoms with van der Waals surface area (Å²) in [5.41, 5.74) is 7.50. The Morgan fingerprint density at radius 1 is 0.917 bits per heavy atom. The molecule has 7 rings (SSSR count). The summed E-state index contributed by atoms with van der Waals surface area (Å²) in [6.07, 6.45) is 2.17. The zero-order valence-electron chi connectivity index (χ0n) is 27.0. The molecule has 4 aromatic carbocycles. The van der Waals surface area contributed by atoms with E-state index in [0.29, 0.717) is 17.6 Å². The molecule has 0 saturated carbocycles. The first-order chi connectivity index (χ1) is 23.5. The number of carbonyl (C=O) groups is 1. The Hall–Kier alpha value is -4.87. The van der Waals surface area contributed by atoms with Crippen LogP contribution in [0, 0.1) is 0 Å². The smallest absolute Gasteiger partial charge is 0.275 e. The van der Waals surface area contributed by atoms with Crippen molar-refractivity contribution in [1.82, 2.24) is 14.9 Å². The van der Waals surface area contributed by atoms with Crippen molar-refractivity contribution in [2.75, 3.05) is 32.6 Å². The summed E-state index contributed by atoms with van der Waals surface area (Å²) >= 11 is 0. The van der Waals surface area contributed by atoms with Crippen LogP contribution < -0.4 is 14.8 Å². The summed E-state index contributed by atoms with van der Waals surface area (Å²) in [6, 6.07) is 27.0. The monoisotopic (exact) mass is 646 g/mol. The maximum atomic E-state index is 13.0. The highest BCUT2D eigenvalue weighted by atomic mass is 16.7. The Labute approximate surface area is 279 Å². The van der Waals surface area contributed by atoms with Crippen molar-refractivity contribution in [2.24, 2.45) is 0 Å². The molecular weight excluding hydrogens is 608 g/mol. The number of aromatic nitrogens is 2. The molecule has 10 heteroatoms. The number of anilines is 1. The lowest BCUT2D eigenvalue weighted by atomic mass is 9.97. The topological polar surface area (TPSA) is 115 Å². The Bertz CT molecular complexity index is 1900. The zero-order chi connectivity index (χ0) is 33.0. The van der Waals surface area contributed by atoms with Gasteiger partial charge in [0.15, 0.2) is 17.8 Å². The number of hydrogen-bond donors (Lipinski definition) is 2. The fraction of sp³-hybridized carbons (Fsp3) is 0.289. The molecule has 2 N–H and O–H groups in total. The zero-order valence-corrected chi connectivity index (χ0v) is 27.0. The van der Waals surface area contributed by atoms with E-state index in [-0.39, 0.29) is 30.4 Å². The highest BCUT2D eigenvalue weighted by Crippen LogP contribution is 2.39. The van der Waals surface area contributed by atoms with E-state index in [0.717, 1.165) is 59.8 Å². The van der Waals surface area contributed by atoms with E-state index >= 15 is 0 Å². The third kappa shape index (κ3) is 6.88. The van der Waals surface area contributed by atoms with Crippen LogP contribution >= 0.6 is 0 Å². The van der Waals surface area contributed by atoms with Crippen LogP contribution in [-0.2, 0) is 29.0 Å². The molecular formula is C38H38N4O6. The normalized spacial score (nSPS) is 19.4. The van der Waals surface area contributed by atoms with Crippen LogP contribution in [0.5, 0.6) is 11.5 Å². The minimum absolute atomic E-state index is 0.0103. The molecule has 3 atom stereocenters. The largest absolute Gasteiger partial charge is 0.493 e. The van der Waals surface area contributed by atoms with Gasteiger partial charge >= 0.3 is 0 Å². The molecule has 2 aliphatic heterocycles. The minimum atomic E-state index is -0.608. The molecule has 1 aromatic heterocycles. The Kier molecular flexibility index (Phi) is 9.31. The first kappa shape index (κ1) is 31.7. The molecule has 1 saturated heterocycles. The third-order valence-electron chi connectivity index (χ3n) is 9.00. The van der Waals surface area contributed by atoms with Crippen LogP contribution in [0.3, 0.4) is 0 Å². The number of benzene rings is 4. The van der Waals surface area contributed by atoms with Crippen molar-refractivity contribution in [2.45, 2.75) is 44.5 Å². The number of methoxy groups -OCH3 is 2. The number of nitrogens with one attached hydrogen (secondary N) is 1. The first-order valence-corrected chi connectivity index (χ1v) is 16.1. The van der Waals surface area contributed by atoms with E-state index in [4.69, 9.17) is 18.9 Å². The van der Waals surface area contributed by atoms with Gasteiger partial charge in [0.25, 0.3) is 5.91 Å². The minimum Gasteiger partial charge on any atom is -0.493 e. The second-order valence-electron chi connectivity index (χ2n) is 12.1. The van der Waals surface area contributed by atoms with E-state index < -0.39 is 6.29 Å². The Morgan fingerprint density at radius 3 is 2.35 bits per heavy atom. The van der Waals surface area contributed by atoms with E-state index in [1.54, 1.807) is 14.2 Å². The van der Waals surface area contributed by atoms with Crippen molar-refractivity contribution >= 4 is 22.6 Å². The van der Waals surface area contributed by atoms with E-state index in [9.17, 15) is 9.90 Å². The van der Waals surface area contributed by atoms with Gasteiger partial charge < -0.3 is 29.4 Å². The average molecular weight is 647 g/mol. The maximum absolute atomic E-state index is 13.0. The maximum Gasteiger partial charge on any atom is 0.275 e. The van der Waals surface area contributed by atoms with Crippen molar-refractivity contribution < 1.29 is 28.8 Å². The SMILES string of the molecule is COc1cc2c(cc1OC)CN(C[C@@H]1C[C@H](c3ccc(CO)cc3)O[C@H](c3ccc(NC(=O)c4cnc5ccccc5n4)cc3)O1)CC2. The predicted molar refractivity (Wildman–Crippen MR) is 181 cm³/mol. The molecule has 0 aliphatic carbocycles. The van der Waals surface area contributed by atoms with Crippen LogP contribution in [0.15, 0.2) is 91.1 Å². The van der Waals surface area contributed by atoms with Crippen molar-refractivity contribution in [1.29, 1.82) is 0 Å². The molecule has 0 unspecified atom stereocenters. The number of ether oxygens (including phenoxy) is 4. The molecule has 5 aromatic rings. The van der Waals surface area contributed by atoms with Crippen LogP contribution in [0.2, 0.25) is 0 Å². The van der Waals surface area contributed by atoms with Gasteiger partial charge in [-0.15, -0.1) is 0 Å². The van der Waals surface area contributed by atoms with Crippen molar-refractivity contribution in [3.63, 3.8) is 0 Å². The van der Waals surface area contributed by atoms with Gasteiger partial charge in [-0.1, -0.05) is 48.5 Å². The summed E-state index contributed by atoms with van der Waals surface area (Å²) in [5, 5.41) is 12.5. The van der Waals surface area contributed by atoms with Gasteiger partial charge in [0, 0.05) is 37.3 Å². The summed E-state index contributed by atoms with van der Waals surface area (Å²) in [4.78, 5) is 24.2. The number of aliphatic hydroxyl groups excluding tert-OH is 1. The van der Waals surface area contributed by atoms with E-state index in [2.05, 4.69) is 32.3 Å². The number of rotatable bonds is 9. The quantitative estimate of drug-likeness (QED) is 0.199. The second kappa shape index (κ2) is 14.1. The van der Waals surface area contributed by atoms with Gasteiger partial charge in [0.1, 0.15) is 5.69 Å². The lowest BCUT2D eigenvalue weighted by molar-refractivity contribution is -0.253. The number of carbonyl (C=O) groups excluding carboxylic acids is 1. The van der Waals surface area contributed by atoms with Crippen LogP contribution in [0.1, 0.15) is 57.1 Å². The summed E-state index contributed by atoms with van der Waals surface area (Å²) in [6.45, 7) is 2.41. The fourth-order valence-corrected chi connectivity index (χ4v) is 6.40. The average Bonchev–Trinajstić information content (AvgIpc) is 3.14. The van der Waals surface area contributed by atoms with Crippen molar-refractivity contribution in [3.8, 4) is 11.5 Å². The first-order valence-electron chi connectivity index (χ1n) is 16.1. The molecule has 48 heavy (non-hydrogen) atoms. The lowest BCUT2D eigenvalue weighted by Crippen LogP contribution is -2.41. The molecule has 2 aliphatic rings. The highest BCUT2D eigenvalue weighted by Gasteiger charge is 2.34. The standard InChI is InChI=1S/C38H38N4O6/c1-45-35-17-27-15-16-42(21-28(27)18-36(35)46-2)22-30-19-34(25-9-7-24(23-43)8-10-25)48-38(47-30)26-11-13-29(14-12-26)40-37(44)33-20-39-31-5-3-4-6-32(31)41-33/h3-14,17-18,20,30,34,38,43H,15-16,19,21-23H2,1-2H3,(H,40,44)/t30-,34+,38+/m0/s1. The molecule has 0 spiro atoms. The Balaban J connectivity index is 1.07. The molecule has 0 bridgehead atoms. The third-order valence-corrected chi connectivity index (χ3v) is 9.00. The van der Waals surface area contributed by atoms with Gasteiger partial charge in [-0.3, -0.25) is 14.7 Å². The van der Waals surface area contributed by atoms with Gasteiger partial charge in [0.05, 0.1) is 50.3 Å². The van der Waals surface area contributed by atoms with E-state index in [1.807, 2.05) is 72.8 Å². The van der Waals surface area contributed by atoms with Gasteiger partial charge in [-0.05, 0) is 65.1 Å². The summed E-state index contributed by atoms with van der Waals surface area (Å²) in [7, 11) is 3.32. The number of hydrogen-bond acceptors (Lipinski definition) is 9. The molecule has 1 amide bonds. The number of amides is 1. The predicted octanol–water partition coefficient (Wildman–Crippen LogP) is 6.00. The molecule has 0 radical (unpaired) electrons. The number of fused-ring (bicyclic) bond motifs is 2. The molecule has 1 fully saturated rings. The number of aliphatic hydroxyl groups is 1. The van der Waals surface area contributed by atoms with Gasteiger partial charge in [-0.25, -0.2) is 4.98 Å². The summed E-state index contributed by atoms with van der Waals surface area (Å²) < 4.78 is 24.3. The molecule has 3 heterocycles. The van der Waals surface area contributed by atoms with Gasteiger partial charge in [0.2, 0.25) is 0 Å². The van der Waals surface area contributed by atoms with Crippen LogP contribution in [0.25, 0.3) is 11.0 Å². The van der Waals surface area contributed by atoms with Crippen LogP contribution in [-0.4, -0.2) is 59.3 Å². The van der Waals surface area contributed by atoms with E-state index in [1.165, 1.54) is 17.3 Å². The molecule has 246 valence electrons.